The van der Waals surface area contributed by atoms with Gasteiger partial charge in [-0.2, -0.15) is 0 Å². The van der Waals surface area contributed by atoms with E-state index in [0.717, 1.165) is 26.1 Å². The van der Waals surface area contributed by atoms with Crippen LogP contribution in [0.1, 0.15) is 26.7 Å². The minimum absolute atomic E-state index is 0.279. The molecule has 1 unspecified atom stereocenters. The van der Waals surface area contributed by atoms with Crippen molar-refractivity contribution in [3.8, 4) is 0 Å². The van der Waals surface area contributed by atoms with Crippen molar-refractivity contribution in [3.63, 3.8) is 0 Å². The van der Waals surface area contributed by atoms with Crippen LogP contribution in [0.3, 0.4) is 0 Å². The lowest BCUT2D eigenvalue weighted by Crippen LogP contribution is -2.35. The van der Waals surface area contributed by atoms with E-state index in [4.69, 9.17) is 0 Å². The smallest absolute Gasteiger partial charge is 0.147 e. The molecule has 98 valence electrons. The zero-order valence-corrected chi connectivity index (χ0v) is 11.8. The molecule has 0 saturated heterocycles. The van der Waals surface area contributed by atoms with E-state index in [-0.39, 0.29) is 5.75 Å². The average molecular weight is 250 g/mol. The first-order chi connectivity index (χ1) is 7.37. The summed E-state index contributed by atoms with van der Waals surface area (Å²) in [6, 6.07) is 0.609. The van der Waals surface area contributed by atoms with Crippen LogP contribution in [0.25, 0.3) is 0 Å². The summed E-state index contributed by atoms with van der Waals surface area (Å²) < 4.78 is 21.7. The normalized spacial score (nSPS) is 14.3. The van der Waals surface area contributed by atoms with Crippen LogP contribution in [0, 0.1) is 0 Å². The van der Waals surface area contributed by atoms with Gasteiger partial charge in [-0.05, 0) is 33.4 Å². The predicted molar refractivity (Wildman–Crippen MR) is 69.6 cm³/mol. The largest absolute Gasteiger partial charge is 0.315 e. The van der Waals surface area contributed by atoms with Crippen LogP contribution in [-0.2, 0) is 9.84 Å². The molecule has 0 heterocycles. The second kappa shape index (κ2) is 8.03. The van der Waals surface area contributed by atoms with Gasteiger partial charge in [0.2, 0.25) is 0 Å². The molecule has 0 rings (SSSR count). The van der Waals surface area contributed by atoms with Gasteiger partial charge in [-0.25, -0.2) is 8.42 Å². The first-order valence-electron chi connectivity index (χ1n) is 5.95. The first kappa shape index (κ1) is 15.9. The van der Waals surface area contributed by atoms with Gasteiger partial charge in [-0.3, -0.25) is 0 Å². The highest BCUT2D eigenvalue weighted by atomic mass is 32.2. The highest BCUT2D eigenvalue weighted by Gasteiger charge is 2.05. The maximum absolute atomic E-state index is 10.9. The predicted octanol–water partition coefficient (Wildman–Crippen LogP) is 0.741. The third kappa shape index (κ3) is 9.12. The molecule has 5 heteroatoms. The highest BCUT2D eigenvalue weighted by Crippen LogP contribution is 1.98. The molecule has 1 N–H and O–H groups in total. The van der Waals surface area contributed by atoms with Crippen LogP contribution in [-0.4, -0.2) is 58.1 Å². The number of sulfone groups is 1. The summed E-state index contributed by atoms with van der Waals surface area (Å²) in [5.41, 5.74) is 0. The van der Waals surface area contributed by atoms with Crippen LogP contribution in [0.15, 0.2) is 0 Å². The van der Waals surface area contributed by atoms with E-state index in [1.54, 1.807) is 0 Å². The molecule has 0 aliphatic rings. The lowest BCUT2D eigenvalue weighted by molar-refractivity contribution is 0.252. The van der Waals surface area contributed by atoms with Crippen LogP contribution in [0.5, 0.6) is 0 Å². The Hall–Kier alpha value is -0.130. The third-order valence-corrected chi connectivity index (χ3v) is 3.88. The van der Waals surface area contributed by atoms with Crippen LogP contribution < -0.4 is 5.32 Å². The van der Waals surface area contributed by atoms with Crippen molar-refractivity contribution in [2.45, 2.75) is 32.7 Å². The van der Waals surface area contributed by atoms with Crippen molar-refractivity contribution in [2.75, 3.05) is 38.7 Å². The molecule has 0 bridgehead atoms. The highest BCUT2D eigenvalue weighted by molar-refractivity contribution is 7.90. The van der Waals surface area contributed by atoms with Crippen molar-refractivity contribution in [1.82, 2.24) is 10.2 Å². The molecule has 0 aliphatic heterocycles. The Morgan fingerprint density at radius 1 is 1.31 bits per heavy atom. The lowest BCUT2D eigenvalue weighted by Gasteiger charge is -2.23. The fraction of sp³-hybridized carbons (Fsp3) is 1.00. The molecular weight excluding hydrogens is 224 g/mol. The van der Waals surface area contributed by atoms with E-state index in [2.05, 4.69) is 31.1 Å². The van der Waals surface area contributed by atoms with Crippen LogP contribution in [0.2, 0.25) is 0 Å². The molecule has 0 amide bonds. The second-order valence-corrected chi connectivity index (χ2v) is 6.73. The molecule has 0 aliphatic carbocycles. The van der Waals surface area contributed by atoms with Gasteiger partial charge >= 0.3 is 0 Å². The summed E-state index contributed by atoms with van der Waals surface area (Å²) in [6.45, 7) is 7.10. The summed E-state index contributed by atoms with van der Waals surface area (Å²) in [6.07, 6.45) is 3.14. The van der Waals surface area contributed by atoms with Crippen LogP contribution in [0.4, 0.5) is 0 Å². The van der Waals surface area contributed by atoms with Gasteiger partial charge < -0.3 is 10.2 Å². The van der Waals surface area contributed by atoms with E-state index < -0.39 is 9.84 Å². The van der Waals surface area contributed by atoms with Crippen LogP contribution >= 0.6 is 0 Å². The maximum Gasteiger partial charge on any atom is 0.147 e. The first-order valence-corrected chi connectivity index (χ1v) is 8.01. The summed E-state index contributed by atoms with van der Waals surface area (Å²) in [4.78, 5) is 2.31. The number of likely N-dealkylation sites (N-methyl/N-ethyl adjacent to an activating group) is 1. The molecule has 4 nitrogen and oxygen atoms in total. The fourth-order valence-electron chi connectivity index (χ4n) is 1.37. The summed E-state index contributed by atoms with van der Waals surface area (Å²) in [7, 11) is -0.678. The SMILES string of the molecule is CCC(C)N(C)CCNCCCS(C)(=O)=O. The molecule has 0 aromatic carbocycles. The molecule has 0 spiro atoms. The summed E-state index contributed by atoms with van der Waals surface area (Å²) in [5.74, 6) is 0.279. The average Bonchev–Trinajstić information content (AvgIpc) is 2.20. The van der Waals surface area contributed by atoms with E-state index in [1.807, 2.05) is 0 Å². The fourth-order valence-corrected chi connectivity index (χ4v) is 2.04. The quantitative estimate of drug-likeness (QED) is 0.613. The Bertz CT molecular complexity index is 265. The van der Waals surface area contributed by atoms with Gasteiger partial charge in [-0.15, -0.1) is 0 Å². The molecule has 1 atom stereocenters. The van der Waals surface area contributed by atoms with E-state index in [1.165, 1.54) is 6.26 Å². The Labute approximate surface area is 100 Å². The molecule has 0 radical (unpaired) electrons. The van der Waals surface area contributed by atoms with Gasteiger partial charge in [0.1, 0.15) is 9.84 Å². The zero-order valence-electron chi connectivity index (χ0n) is 11.0. The van der Waals surface area contributed by atoms with Crippen molar-refractivity contribution >= 4 is 9.84 Å². The number of nitrogens with zero attached hydrogens (tertiary/aromatic N) is 1. The number of nitrogens with one attached hydrogen (secondary N) is 1. The van der Waals surface area contributed by atoms with Gasteiger partial charge in [0.25, 0.3) is 0 Å². The van der Waals surface area contributed by atoms with Gasteiger partial charge in [0.05, 0.1) is 5.75 Å². The molecule has 0 aromatic rings. The number of hydrogen-bond acceptors (Lipinski definition) is 4. The van der Waals surface area contributed by atoms with E-state index >= 15 is 0 Å². The topological polar surface area (TPSA) is 49.4 Å². The van der Waals surface area contributed by atoms with Gasteiger partial charge in [0, 0.05) is 25.4 Å². The Kier molecular flexibility index (Phi) is 7.97. The van der Waals surface area contributed by atoms with Gasteiger partial charge in [0.15, 0.2) is 0 Å². The monoisotopic (exact) mass is 250 g/mol. The molecule has 0 aromatic heterocycles. The van der Waals surface area contributed by atoms with E-state index in [0.29, 0.717) is 12.5 Å². The Morgan fingerprint density at radius 2 is 1.94 bits per heavy atom. The van der Waals surface area contributed by atoms with Crippen molar-refractivity contribution in [3.05, 3.63) is 0 Å². The molecule has 0 fully saturated rings. The molecular formula is C11H26N2O2S. The zero-order chi connectivity index (χ0) is 12.6. The minimum atomic E-state index is -2.80. The Balaban J connectivity index is 3.40. The Morgan fingerprint density at radius 3 is 2.44 bits per heavy atom. The summed E-state index contributed by atoms with van der Waals surface area (Å²) >= 11 is 0. The standard InChI is InChI=1S/C11H26N2O2S/c1-5-11(2)13(3)9-8-12-7-6-10-16(4,14)15/h11-12H,5-10H2,1-4H3. The van der Waals surface area contributed by atoms with Crippen molar-refractivity contribution in [1.29, 1.82) is 0 Å². The number of rotatable bonds is 9. The maximum atomic E-state index is 10.9. The summed E-state index contributed by atoms with van der Waals surface area (Å²) in [5, 5.41) is 3.26. The number of hydrogen-bond donors (Lipinski definition) is 1. The second-order valence-electron chi connectivity index (χ2n) is 4.47. The van der Waals surface area contributed by atoms with E-state index in [9.17, 15) is 8.42 Å². The van der Waals surface area contributed by atoms with Gasteiger partial charge in [-0.1, -0.05) is 6.92 Å². The third-order valence-electron chi connectivity index (χ3n) is 2.85. The minimum Gasteiger partial charge on any atom is -0.315 e. The van der Waals surface area contributed by atoms with Crippen molar-refractivity contribution < 1.29 is 8.42 Å². The molecule has 0 saturated carbocycles. The van der Waals surface area contributed by atoms with Crippen molar-refractivity contribution in [2.24, 2.45) is 0 Å². The lowest BCUT2D eigenvalue weighted by atomic mass is 10.2. The molecule has 16 heavy (non-hydrogen) atoms.